The van der Waals surface area contributed by atoms with Gasteiger partial charge in [0.1, 0.15) is 0 Å². The van der Waals surface area contributed by atoms with Gasteiger partial charge in [-0.05, 0) is 26.7 Å². The third-order valence-corrected chi connectivity index (χ3v) is 5.66. The largest absolute Gasteiger partial charge is 0.390 e. The maximum atomic E-state index is 12.8. The molecule has 3 unspecified atom stereocenters. The molecule has 2 saturated heterocycles. The zero-order chi connectivity index (χ0) is 17.3. The molecule has 0 radical (unpaired) electrons. The molecule has 24 heavy (non-hydrogen) atoms. The first-order chi connectivity index (χ1) is 11.4. The maximum absolute atomic E-state index is 12.8. The zero-order valence-corrected chi connectivity index (χ0v) is 14.9. The number of morpholine rings is 1. The lowest BCUT2D eigenvalue weighted by Gasteiger charge is -2.36. The second-order valence-electron chi connectivity index (χ2n) is 7.96. The second kappa shape index (κ2) is 7.10. The van der Waals surface area contributed by atoms with E-state index in [1.165, 1.54) is 4.90 Å². The lowest BCUT2D eigenvalue weighted by molar-refractivity contribution is -0.144. The van der Waals surface area contributed by atoms with Gasteiger partial charge in [-0.3, -0.25) is 19.4 Å². The Morgan fingerprint density at radius 2 is 1.75 bits per heavy atom. The van der Waals surface area contributed by atoms with Crippen LogP contribution in [0, 0.1) is 5.41 Å². The Balaban J connectivity index is 1.57. The molecule has 1 aliphatic carbocycles. The van der Waals surface area contributed by atoms with Gasteiger partial charge in [0.2, 0.25) is 11.8 Å². The Morgan fingerprint density at radius 1 is 1.12 bits per heavy atom. The third-order valence-electron chi connectivity index (χ3n) is 5.66. The van der Waals surface area contributed by atoms with Crippen molar-refractivity contribution >= 4 is 11.8 Å². The number of aliphatic hydroxyl groups excluding tert-OH is 1. The van der Waals surface area contributed by atoms with Crippen LogP contribution in [-0.2, 0) is 14.3 Å². The van der Waals surface area contributed by atoms with Gasteiger partial charge in [0, 0.05) is 26.1 Å². The van der Waals surface area contributed by atoms with Gasteiger partial charge < -0.3 is 9.84 Å². The molecule has 136 valence electrons. The third kappa shape index (κ3) is 3.65. The summed E-state index contributed by atoms with van der Waals surface area (Å²) in [6, 6.07) is 0. The summed E-state index contributed by atoms with van der Waals surface area (Å²) in [6.45, 7) is 6.19. The summed E-state index contributed by atoms with van der Waals surface area (Å²) in [5.41, 5.74) is -0.461. The Labute approximate surface area is 144 Å². The zero-order valence-electron chi connectivity index (χ0n) is 14.9. The standard InChI is InChI=1S/C18H30N2O4/c1-13-9-19(10-14(2)24-13)11-15(21)12-20-16(22)8-18(17(20)23)6-4-3-5-7-18/h13-15,21H,3-12H2,1-2H3. The van der Waals surface area contributed by atoms with Gasteiger partial charge in [0.25, 0.3) is 0 Å². The van der Waals surface area contributed by atoms with Crippen LogP contribution in [0.2, 0.25) is 0 Å². The number of β-amino-alcohol motifs (C(OH)–C–C–N with tert-alkyl or cyclic N) is 1. The van der Waals surface area contributed by atoms with E-state index in [0.29, 0.717) is 13.0 Å². The van der Waals surface area contributed by atoms with Crippen LogP contribution in [0.15, 0.2) is 0 Å². The van der Waals surface area contributed by atoms with E-state index in [1.807, 2.05) is 13.8 Å². The minimum Gasteiger partial charge on any atom is -0.390 e. The molecule has 0 aromatic carbocycles. The van der Waals surface area contributed by atoms with Crippen molar-refractivity contribution in [3.05, 3.63) is 0 Å². The highest BCUT2D eigenvalue weighted by molar-refractivity contribution is 6.05. The molecule has 1 N–H and O–H groups in total. The smallest absolute Gasteiger partial charge is 0.235 e. The van der Waals surface area contributed by atoms with Crippen LogP contribution in [0.25, 0.3) is 0 Å². The molecule has 1 saturated carbocycles. The summed E-state index contributed by atoms with van der Waals surface area (Å²) in [6.07, 6.45) is 4.77. The fourth-order valence-corrected chi connectivity index (χ4v) is 4.66. The lowest BCUT2D eigenvalue weighted by atomic mass is 9.73. The number of carbonyl (C=O) groups is 2. The van der Waals surface area contributed by atoms with Crippen LogP contribution in [0.1, 0.15) is 52.4 Å². The van der Waals surface area contributed by atoms with Gasteiger partial charge in [0.15, 0.2) is 0 Å². The number of aliphatic hydroxyl groups is 1. The molecular weight excluding hydrogens is 308 g/mol. The molecule has 2 aliphatic heterocycles. The topological polar surface area (TPSA) is 70.1 Å². The Morgan fingerprint density at radius 3 is 2.38 bits per heavy atom. The van der Waals surface area contributed by atoms with E-state index in [1.54, 1.807) is 0 Å². The summed E-state index contributed by atoms with van der Waals surface area (Å²) in [7, 11) is 0. The van der Waals surface area contributed by atoms with Crippen molar-refractivity contribution in [1.29, 1.82) is 0 Å². The first-order valence-corrected chi connectivity index (χ1v) is 9.30. The molecule has 2 heterocycles. The summed E-state index contributed by atoms with van der Waals surface area (Å²) in [5, 5.41) is 10.4. The number of rotatable bonds is 4. The predicted octanol–water partition coefficient (Wildman–Crippen LogP) is 1.17. The van der Waals surface area contributed by atoms with Crippen molar-refractivity contribution in [3.8, 4) is 0 Å². The van der Waals surface area contributed by atoms with Crippen molar-refractivity contribution in [2.45, 2.75) is 70.7 Å². The first-order valence-electron chi connectivity index (χ1n) is 9.30. The Bertz CT molecular complexity index is 479. The van der Waals surface area contributed by atoms with E-state index in [9.17, 15) is 14.7 Å². The quantitative estimate of drug-likeness (QED) is 0.779. The molecule has 0 bridgehead atoms. The average Bonchev–Trinajstić information content (AvgIpc) is 2.71. The van der Waals surface area contributed by atoms with Gasteiger partial charge in [-0.15, -0.1) is 0 Å². The predicted molar refractivity (Wildman–Crippen MR) is 89.3 cm³/mol. The van der Waals surface area contributed by atoms with E-state index < -0.39 is 11.5 Å². The van der Waals surface area contributed by atoms with E-state index in [-0.39, 0.29) is 30.6 Å². The average molecular weight is 338 g/mol. The highest BCUT2D eigenvalue weighted by Gasteiger charge is 2.51. The fourth-order valence-electron chi connectivity index (χ4n) is 4.66. The fraction of sp³-hybridized carbons (Fsp3) is 0.889. The molecule has 6 heteroatoms. The Hall–Kier alpha value is -0.980. The van der Waals surface area contributed by atoms with Crippen LogP contribution >= 0.6 is 0 Å². The van der Waals surface area contributed by atoms with E-state index in [4.69, 9.17) is 4.74 Å². The van der Waals surface area contributed by atoms with Crippen molar-refractivity contribution < 1.29 is 19.4 Å². The highest BCUT2D eigenvalue weighted by Crippen LogP contribution is 2.45. The summed E-state index contributed by atoms with van der Waals surface area (Å²) in [5.74, 6) is -0.153. The molecule has 1 spiro atoms. The molecule has 0 aromatic rings. The number of hydrogen-bond acceptors (Lipinski definition) is 5. The SMILES string of the molecule is CC1CN(CC(O)CN2C(=O)CC3(CCCCC3)C2=O)CC(C)O1. The minimum absolute atomic E-state index is 0.0463. The lowest BCUT2D eigenvalue weighted by Crippen LogP contribution is -2.50. The number of nitrogens with zero attached hydrogens (tertiary/aromatic N) is 2. The molecule has 3 rings (SSSR count). The molecule has 6 nitrogen and oxygen atoms in total. The normalized spacial score (nSPS) is 32.5. The van der Waals surface area contributed by atoms with Crippen LogP contribution < -0.4 is 0 Å². The Kier molecular flexibility index (Phi) is 5.27. The van der Waals surface area contributed by atoms with Gasteiger partial charge in [0.05, 0.1) is 30.3 Å². The van der Waals surface area contributed by atoms with E-state index in [2.05, 4.69) is 4.90 Å². The molecular formula is C18H30N2O4. The molecule has 3 fully saturated rings. The van der Waals surface area contributed by atoms with E-state index in [0.717, 1.165) is 45.2 Å². The first kappa shape index (κ1) is 17.8. The van der Waals surface area contributed by atoms with Crippen molar-refractivity contribution in [3.63, 3.8) is 0 Å². The van der Waals surface area contributed by atoms with Crippen molar-refractivity contribution in [2.24, 2.45) is 5.41 Å². The number of imide groups is 1. The number of amides is 2. The number of carbonyl (C=O) groups excluding carboxylic acids is 2. The monoisotopic (exact) mass is 338 g/mol. The summed E-state index contributed by atoms with van der Waals surface area (Å²) < 4.78 is 5.70. The van der Waals surface area contributed by atoms with Crippen LogP contribution in [-0.4, -0.2) is 71.2 Å². The van der Waals surface area contributed by atoms with Crippen molar-refractivity contribution in [1.82, 2.24) is 9.80 Å². The highest BCUT2D eigenvalue weighted by atomic mass is 16.5. The van der Waals surface area contributed by atoms with Crippen LogP contribution in [0.5, 0.6) is 0 Å². The van der Waals surface area contributed by atoms with Crippen molar-refractivity contribution in [2.75, 3.05) is 26.2 Å². The second-order valence-corrected chi connectivity index (χ2v) is 7.96. The maximum Gasteiger partial charge on any atom is 0.235 e. The number of likely N-dealkylation sites (tertiary alicyclic amines) is 1. The van der Waals surface area contributed by atoms with Gasteiger partial charge in [-0.1, -0.05) is 19.3 Å². The van der Waals surface area contributed by atoms with Crippen LogP contribution in [0.3, 0.4) is 0 Å². The minimum atomic E-state index is -0.700. The van der Waals surface area contributed by atoms with Crippen LogP contribution in [0.4, 0.5) is 0 Å². The molecule has 3 atom stereocenters. The van der Waals surface area contributed by atoms with E-state index >= 15 is 0 Å². The van der Waals surface area contributed by atoms with Gasteiger partial charge >= 0.3 is 0 Å². The number of hydrogen-bond donors (Lipinski definition) is 1. The molecule has 2 amide bonds. The summed E-state index contributed by atoms with van der Waals surface area (Å²) >= 11 is 0. The summed E-state index contributed by atoms with van der Waals surface area (Å²) in [4.78, 5) is 28.6. The van der Waals surface area contributed by atoms with Gasteiger partial charge in [-0.25, -0.2) is 0 Å². The molecule has 3 aliphatic rings. The number of ether oxygens (including phenoxy) is 1. The molecule has 0 aromatic heterocycles. The van der Waals surface area contributed by atoms with Gasteiger partial charge in [-0.2, -0.15) is 0 Å².